The number of benzene rings is 2. The molecule has 0 spiro atoms. The van der Waals surface area contributed by atoms with Crippen LogP contribution in [0.3, 0.4) is 0 Å². The van der Waals surface area contributed by atoms with Gasteiger partial charge in [-0.1, -0.05) is 24.3 Å². The van der Waals surface area contributed by atoms with Crippen LogP contribution in [-0.4, -0.2) is 21.1 Å². The molecule has 6 nitrogen and oxygen atoms in total. The number of rotatable bonds is 3. The van der Waals surface area contributed by atoms with Gasteiger partial charge in [-0.05, 0) is 48.3 Å². The summed E-state index contributed by atoms with van der Waals surface area (Å²) in [5.74, 6) is -0.580. The number of phenols is 1. The van der Waals surface area contributed by atoms with Crippen LogP contribution >= 0.6 is 11.5 Å². The number of aromatic hydroxyl groups is 1. The highest BCUT2D eigenvalue weighted by molar-refractivity contribution is 7.10. The van der Waals surface area contributed by atoms with E-state index in [1.165, 1.54) is 11.5 Å². The third-order valence-electron chi connectivity index (χ3n) is 3.68. The fourth-order valence-corrected chi connectivity index (χ4v) is 3.20. The number of nitrogens with one attached hydrogen (secondary N) is 1. The van der Waals surface area contributed by atoms with Gasteiger partial charge in [-0.15, -0.1) is 0 Å². The number of anilines is 1. The Hall–Kier alpha value is -2.93. The molecule has 0 aliphatic carbocycles. The Balaban J connectivity index is 1.87. The number of hydrogen-bond donors (Lipinski definition) is 3. The summed E-state index contributed by atoms with van der Waals surface area (Å²) in [5.41, 5.74) is 10.5. The number of aryl methyl sites for hydroxylation is 1. The summed E-state index contributed by atoms with van der Waals surface area (Å²) in [6, 6.07) is 10.7. The van der Waals surface area contributed by atoms with Gasteiger partial charge in [-0.3, -0.25) is 4.79 Å². The molecule has 0 aliphatic heterocycles. The molecule has 3 aromatic rings. The molecular formula is C17H16N4O2S. The highest BCUT2D eigenvalue weighted by Gasteiger charge is 2.14. The Kier molecular flexibility index (Phi) is 4.18. The van der Waals surface area contributed by atoms with Gasteiger partial charge in [0.1, 0.15) is 10.8 Å². The normalized spacial score (nSPS) is 11.7. The number of hydrazone groups is 1. The summed E-state index contributed by atoms with van der Waals surface area (Å²) < 4.78 is 4.15. The summed E-state index contributed by atoms with van der Waals surface area (Å²) in [6.07, 6.45) is 0. The molecule has 0 bridgehead atoms. The number of nitrogens with two attached hydrogens (primary N) is 1. The van der Waals surface area contributed by atoms with E-state index in [0.717, 1.165) is 22.0 Å². The van der Waals surface area contributed by atoms with Crippen molar-refractivity contribution < 1.29 is 9.90 Å². The minimum Gasteiger partial charge on any atom is -0.507 e. The molecule has 1 amide bonds. The van der Waals surface area contributed by atoms with E-state index in [2.05, 4.69) is 14.9 Å². The second-order valence-corrected chi connectivity index (χ2v) is 6.17. The van der Waals surface area contributed by atoms with Crippen molar-refractivity contribution >= 4 is 38.9 Å². The molecule has 7 heteroatoms. The number of amides is 1. The molecule has 3 rings (SSSR count). The summed E-state index contributed by atoms with van der Waals surface area (Å²) in [7, 11) is 0. The number of carbonyl (C=O) groups excluding carboxylic acids is 1. The molecule has 0 fully saturated rings. The van der Waals surface area contributed by atoms with Gasteiger partial charge in [0.25, 0.3) is 5.91 Å². The van der Waals surface area contributed by atoms with Crippen LogP contribution in [0.2, 0.25) is 0 Å². The third kappa shape index (κ3) is 2.93. The first kappa shape index (κ1) is 15.9. The average Bonchev–Trinajstić information content (AvgIpc) is 2.90. The van der Waals surface area contributed by atoms with Gasteiger partial charge in [-0.25, -0.2) is 5.43 Å². The second kappa shape index (κ2) is 6.29. The van der Waals surface area contributed by atoms with E-state index in [-0.39, 0.29) is 11.3 Å². The number of phenolic OH excluding ortho intramolecular Hbond substituents is 1. The molecule has 2 aromatic carbocycles. The lowest BCUT2D eigenvalue weighted by Crippen LogP contribution is -2.19. The molecule has 0 saturated carbocycles. The highest BCUT2D eigenvalue weighted by Crippen LogP contribution is 2.25. The zero-order chi connectivity index (χ0) is 17.3. The number of fused-ring (bicyclic) bond motifs is 1. The van der Waals surface area contributed by atoms with Crippen molar-refractivity contribution in [2.45, 2.75) is 13.8 Å². The lowest BCUT2D eigenvalue weighted by atomic mass is 10.1. The Labute approximate surface area is 142 Å². The van der Waals surface area contributed by atoms with Crippen LogP contribution in [0.4, 0.5) is 5.00 Å². The van der Waals surface area contributed by atoms with Crippen LogP contribution in [0.1, 0.15) is 28.5 Å². The topological polar surface area (TPSA) is 101 Å². The second-order valence-electron chi connectivity index (χ2n) is 5.36. The first-order chi connectivity index (χ1) is 11.5. The van der Waals surface area contributed by atoms with Crippen LogP contribution in [0, 0.1) is 6.92 Å². The quantitative estimate of drug-likeness (QED) is 0.504. The van der Waals surface area contributed by atoms with E-state index in [9.17, 15) is 9.90 Å². The van der Waals surface area contributed by atoms with Crippen molar-refractivity contribution in [2.75, 3.05) is 5.73 Å². The van der Waals surface area contributed by atoms with Crippen molar-refractivity contribution in [1.29, 1.82) is 0 Å². The first-order valence-corrected chi connectivity index (χ1v) is 8.03. The predicted molar refractivity (Wildman–Crippen MR) is 96.6 cm³/mol. The van der Waals surface area contributed by atoms with Gasteiger partial charge in [-0.2, -0.15) is 9.47 Å². The SMILES string of the molecule is C/C(=N/NC(=O)c1cc2ccccc2cc1O)c1c(C)nsc1N. The van der Waals surface area contributed by atoms with Gasteiger partial charge in [0.2, 0.25) is 0 Å². The van der Waals surface area contributed by atoms with E-state index < -0.39 is 5.91 Å². The Bertz CT molecular complexity index is 943. The molecule has 24 heavy (non-hydrogen) atoms. The lowest BCUT2D eigenvalue weighted by molar-refractivity contribution is 0.0952. The van der Waals surface area contributed by atoms with Crippen LogP contribution in [0.15, 0.2) is 41.5 Å². The van der Waals surface area contributed by atoms with Crippen molar-refractivity contribution in [1.82, 2.24) is 9.80 Å². The summed E-state index contributed by atoms with van der Waals surface area (Å²) >= 11 is 1.19. The largest absolute Gasteiger partial charge is 0.507 e. The molecule has 0 atom stereocenters. The molecule has 0 aliphatic rings. The highest BCUT2D eigenvalue weighted by atomic mass is 32.1. The molecule has 4 N–H and O–H groups in total. The van der Waals surface area contributed by atoms with E-state index in [4.69, 9.17) is 5.73 Å². The van der Waals surface area contributed by atoms with Crippen molar-refractivity contribution in [3.05, 3.63) is 53.2 Å². The molecule has 1 heterocycles. The molecule has 1 aromatic heterocycles. The van der Waals surface area contributed by atoms with E-state index >= 15 is 0 Å². The zero-order valence-corrected chi connectivity index (χ0v) is 14.0. The molecular weight excluding hydrogens is 324 g/mol. The number of nitrogens with zero attached hydrogens (tertiary/aromatic N) is 2. The van der Waals surface area contributed by atoms with E-state index in [1.807, 2.05) is 31.2 Å². The van der Waals surface area contributed by atoms with Gasteiger partial charge in [0, 0.05) is 0 Å². The van der Waals surface area contributed by atoms with E-state index in [0.29, 0.717) is 10.7 Å². The Morgan fingerprint density at radius 3 is 2.58 bits per heavy atom. The lowest BCUT2D eigenvalue weighted by Gasteiger charge is -2.07. The van der Waals surface area contributed by atoms with Gasteiger partial charge in [0.05, 0.1) is 22.5 Å². The molecule has 0 radical (unpaired) electrons. The summed E-state index contributed by atoms with van der Waals surface area (Å²) in [4.78, 5) is 12.3. The summed E-state index contributed by atoms with van der Waals surface area (Å²) in [6.45, 7) is 3.58. The fourth-order valence-electron chi connectivity index (χ4n) is 2.49. The van der Waals surface area contributed by atoms with Crippen molar-refractivity contribution in [3.8, 4) is 5.75 Å². The van der Waals surface area contributed by atoms with Crippen molar-refractivity contribution in [2.24, 2.45) is 5.10 Å². The molecule has 0 saturated heterocycles. The van der Waals surface area contributed by atoms with Crippen LogP contribution < -0.4 is 11.2 Å². The smallest absolute Gasteiger partial charge is 0.275 e. The maximum atomic E-state index is 12.3. The average molecular weight is 340 g/mol. The van der Waals surface area contributed by atoms with Crippen LogP contribution in [0.5, 0.6) is 5.75 Å². The maximum absolute atomic E-state index is 12.3. The number of carbonyl (C=O) groups is 1. The fraction of sp³-hybridized carbons (Fsp3) is 0.118. The van der Waals surface area contributed by atoms with Gasteiger partial charge < -0.3 is 10.8 Å². The van der Waals surface area contributed by atoms with Crippen molar-refractivity contribution in [3.63, 3.8) is 0 Å². The van der Waals surface area contributed by atoms with E-state index in [1.54, 1.807) is 19.1 Å². The Morgan fingerprint density at radius 2 is 1.96 bits per heavy atom. The molecule has 122 valence electrons. The third-order valence-corrected chi connectivity index (χ3v) is 4.45. The van der Waals surface area contributed by atoms with Crippen LogP contribution in [0.25, 0.3) is 10.8 Å². The minimum absolute atomic E-state index is 0.0908. The first-order valence-electron chi connectivity index (χ1n) is 7.26. The zero-order valence-electron chi connectivity index (χ0n) is 13.2. The number of hydrogen-bond acceptors (Lipinski definition) is 6. The summed E-state index contributed by atoms with van der Waals surface area (Å²) in [5, 5.41) is 16.4. The number of nitrogen functional groups attached to an aromatic ring is 1. The molecule has 0 unspecified atom stereocenters. The minimum atomic E-state index is -0.489. The standard InChI is InChI=1S/C17H16N4O2S/c1-9(15-10(2)21-24-16(15)18)19-20-17(23)13-7-11-5-3-4-6-12(11)8-14(13)22/h3-8,22H,18H2,1-2H3,(H,20,23)/b19-9-. The monoisotopic (exact) mass is 340 g/mol. The van der Waals surface area contributed by atoms with Gasteiger partial charge in [0.15, 0.2) is 0 Å². The maximum Gasteiger partial charge on any atom is 0.275 e. The number of aromatic nitrogens is 1. The Morgan fingerprint density at radius 1 is 1.29 bits per heavy atom. The predicted octanol–water partition coefficient (Wildman–Crippen LogP) is 3.05. The van der Waals surface area contributed by atoms with Gasteiger partial charge >= 0.3 is 0 Å². The van der Waals surface area contributed by atoms with Crippen LogP contribution in [-0.2, 0) is 0 Å².